The average Bonchev–Trinajstić information content (AvgIpc) is 3.52. The monoisotopic (exact) mass is 569 g/mol. The molecule has 4 rings (SSSR count). The van der Waals surface area contributed by atoms with Gasteiger partial charge in [0.05, 0.1) is 12.6 Å². The number of ether oxygens (including phenoxy) is 3. The van der Waals surface area contributed by atoms with Gasteiger partial charge in [0.25, 0.3) is 5.91 Å². The number of hydrogen-bond acceptors (Lipinski definition) is 9. The number of hydrogen-bond donors (Lipinski definition) is 3. The number of rotatable bonds is 12. The van der Waals surface area contributed by atoms with Crippen LogP contribution in [-0.2, 0) is 34.0 Å². The van der Waals surface area contributed by atoms with E-state index in [1.165, 1.54) is 12.0 Å². The molecule has 0 aliphatic carbocycles. The zero-order valence-corrected chi connectivity index (χ0v) is 24.4. The van der Waals surface area contributed by atoms with Gasteiger partial charge in [0.1, 0.15) is 30.2 Å². The molecule has 1 fully saturated rings. The number of fused-ring (bicyclic) bond motifs is 1. The van der Waals surface area contributed by atoms with E-state index < -0.39 is 24.2 Å². The highest BCUT2D eigenvalue weighted by Gasteiger charge is 2.37. The van der Waals surface area contributed by atoms with E-state index in [2.05, 4.69) is 4.90 Å². The molecule has 0 spiro atoms. The topological polar surface area (TPSA) is 135 Å². The average molecular weight is 570 g/mol. The maximum absolute atomic E-state index is 13.2. The van der Waals surface area contributed by atoms with Crippen LogP contribution in [0.15, 0.2) is 42.5 Å². The third-order valence-electron chi connectivity index (χ3n) is 7.57. The van der Waals surface area contributed by atoms with Crippen LogP contribution in [0.3, 0.4) is 0 Å². The summed E-state index contributed by atoms with van der Waals surface area (Å²) in [6.45, 7) is 7.77. The van der Waals surface area contributed by atoms with Crippen molar-refractivity contribution in [2.75, 3.05) is 13.7 Å². The Bertz CT molecular complexity index is 1200. The van der Waals surface area contributed by atoms with Crippen molar-refractivity contribution in [3.8, 4) is 5.75 Å². The molecule has 0 radical (unpaired) electrons. The summed E-state index contributed by atoms with van der Waals surface area (Å²) in [6, 6.07) is 12.6. The van der Waals surface area contributed by atoms with E-state index in [1.54, 1.807) is 12.1 Å². The van der Waals surface area contributed by atoms with Gasteiger partial charge in [-0.1, -0.05) is 30.3 Å². The molecule has 41 heavy (non-hydrogen) atoms. The van der Waals surface area contributed by atoms with Gasteiger partial charge >= 0.3 is 5.97 Å². The van der Waals surface area contributed by atoms with Gasteiger partial charge in [0.15, 0.2) is 6.29 Å². The number of carbonyl (C=O) groups excluding carboxylic acids is 2. The molecule has 4 atom stereocenters. The molecular formula is C31H43N3O7. The van der Waals surface area contributed by atoms with Gasteiger partial charge in [0.2, 0.25) is 0 Å². The number of amides is 1. The molecule has 1 saturated heterocycles. The molecule has 2 aliphatic rings. The summed E-state index contributed by atoms with van der Waals surface area (Å²) in [5, 5.41) is 19.9. The normalized spacial score (nSPS) is 19.6. The van der Waals surface area contributed by atoms with Crippen molar-refractivity contribution >= 4 is 11.9 Å². The molecule has 224 valence electrons. The van der Waals surface area contributed by atoms with Gasteiger partial charge < -0.3 is 35.1 Å². The number of nitrogens with zero attached hydrogens (tertiary/aromatic N) is 2. The lowest BCUT2D eigenvalue weighted by molar-refractivity contribution is -0.160. The van der Waals surface area contributed by atoms with Crippen LogP contribution in [0.25, 0.3) is 0 Å². The van der Waals surface area contributed by atoms with E-state index >= 15 is 0 Å². The Labute approximate surface area is 242 Å². The Morgan fingerprint density at radius 3 is 2.46 bits per heavy atom. The number of likely N-dealkylation sites (tertiary alicyclic amines) is 1. The van der Waals surface area contributed by atoms with Gasteiger partial charge in [0, 0.05) is 31.2 Å². The van der Waals surface area contributed by atoms with E-state index in [4.69, 9.17) is 19.9 Å². The Kier molecular flexibility index (Phi) is 10.0. The van der Waals surface area contributed by atoms with Crippen LogP contribution in [0.5, 0.6) is 5.75 Å². The second-order valence-electron chi connectivity index (χ2n) is 11.8. The lowest BCUT2D eigenvalue weighted by Crippen LogP contribution is -2.48. The first-order valence-electron chi connectivity index (χ1n) is 14.2. The molecule has 10 nitrogen and oxygen atoms in total. The van der Waals surface area contributed by atoms with Crippen molar-refractivity contribution in [2.24, 2.45) is 5.73 Å². The Hall–Kier alpha value is -3.02. The van der Waals surface area contributed by atoms with Gasteiger partial charge in [-0.05, 0) is 69.8 Å². The number of nitrogens with two attached hydrogens (primary N) is 1. The molecule has 2 heterocycles. The minimum absolute atomic E-state index is 0.160. The molecule has 1 amide bonds. The van der Waals surface area contributed by atoms with E-state index in [-0.39, 0.29) is 37.3 Å². The quantitative estimate of drug-likeness (QED) is 0.260. The first-order valence-corrected chi connectivity index (χ1v) is 14.2. The van der Waals surface area contributed by atoms with Gasteiger partial charge in [-0.2, -0.15) is 0 Å². The minimum atomic E-state index is -1.26. The fourth-order valence-corrected chi connectivity index (χ4v) is 5.46. The number of esters is 1. The number of benzene rings is 2. The summed E-state index contributed by atoms with van der Waals surface area (Å²) >= 11 is 0. The highest BCUT2D eigenvalue weighted by molar-refractivity contribution is 5.99. The second-order valence-corrected chi connectivity index (χ2v) is 11.8. The van der Waals surface area contributed by atoms with E-state index in [1.807, 2.05) is 51.1 Å². The summed E-state index contributed by atoms with van der Waals surface area (Å²) < 4.78 is 16.7. The number of aliphatic hydroxyl groups excluding tert-OH is 2. The largest absolute Gasteiger partial charge is 0.489 e. The van der Waals surface area contributed by atoms with Gasteiger partial charge in [-0.15, -0.1) is 0 Å². The Morgan fingerprint density at radius 1 is 1.10 bits per heavy atom. The van der Waals surface area contributed by atoms with Crippen molar-refractivity contribution in [3.63, 3.8) is 0 Å². The second kappa shape index (κ2) is 13.3. The molecule has 0 aromatic heterocycles. The molecule has 10 heteroatoms. The van der Waals surface area contributed by atoms with Gasteiger partial charge in [-0.3, -0.25) is 14.5 Å². The SMILES string of the molecule is CO[C@@H](O)CC[C@H]([C@H](N)O)N1Cc2c(OCc3ccc(CN4CCCC4C(=O)OC(C)(C)C)cc3)cccc2C1=O. The van der Waals surface area contributed by atoms with Crippen molar-refractivity contribution in [1.29, 1.82) is 0 Å². The lowest BCUT2D eigenvalue weighted by atomic mass is 10.1. The van der Waals surface area contributed by atoms with Crippen LogP contribution in [-0.4, -0.2) is 75.7 Å². The predicted molar refractivity (Wildman–Crippen MR) is 153 cm³/mol. The number of carbonyl (C=O) groups is 2. The molecule has 0 saturated carbocycles. The smallest absolute Gasteiger partial charge is 0.323 e. The van der Waals surface area contributed by atoms with Crippen LogP contribution in [0, 0.1) is 0 Å². The third kappa shape index (κ3) is 7.84. The summed E-state index contributed by atoms with van der Waals surface area (Å²) in [7, 11) is 1.39. The minimum Gasteiger partial charge on any atom is -0.489 e. The first-order chi connectivity index (χ1) is 19.5. The van der Waals surface area contributed by atoms with Crippen molar-refractivity contribution < 1.29 is 34.0 Å². The molecule has 2 aromatic carbocycles. The maximum Gasteiger partial charge on any atom is 0.323 e. The fraction of sp³-hybridized carbons (Fsp3) is 0.548. The molecule has 2 aromatic rings. The number of aliphatic hydroxyl groups is 2. The Morgan fingerprint density at radius 2 is 1.80 bits per heavy atom. The summed E-state index contributed by atoms with van der Waals surface area (Å²) in [5.41, 5.74) is 8.64. The summed E-state index contributed by atoms with van der Waals surface area (Å²) in [5.74, 6) is 0.206. The van der Waals surface area contributed by atoms with Crippen molar-refractivity contribution in [3.05, 3.63) is 64.7 Å². The van der Waals surface area contributed by atoms with Crippen LogP contribution in [0.4, 0.5) is 0 Å². The highest BCUT2D eigenvalue weighted by Crippen LogP contribution is 2.34. The predicted octanol–water partition coefficient (Wildman–Crippen LogP) is 2.92. The van der Waals surface area contributed by atoms with Crippen LogP contribution < -0.4 is 10.5 Å². The summed E-state index contributed by atoms with van der Waals surface area (Å²) in [6.07, 6.45) is 0.0298. The van der Waals surface area contributed by atoms with Crippen LogP contribution in [0.1, 0.15) is 73.5 Å². The molecule has 0 bridgehead atoms. The lowest BCUT2D eigenvalue weighted by Gasteiger charge is -2.30. The molecule has 2 aliphatic heterocycles. The van der Waals surface area contributed by atoms with E-state index in [0.29, 0.717) is 24.5 Å². The third-order valence-corrected chi connectivity index (χ3v) is 7.57. The van der Waals surface area contributed by atoms with Crippen LogP contribution >= 0.6 is 0 Å². The molecule has 1 unspecified atom stereocenters. The molecule has 4 N–H and O–H groups in total. The zero-order chi connectivity index (χ0) is 29.7. The van der Waals surface area contributed by atoms with Crippen molar-refractivity contribution in [1.82, 2.24) is 9.80 Å². The zero-order valence-electron chi connectivity index (χ0n) is 24.4. The number of methoxy groups -OCH3 is 1. The van der Waals surface area contributed by atoms with Crippen LogP contribution in [0.2, 0.25) is 0 Å². The molecular weight excluding hydrogens is 526 g/mol. The fourth-order valence-electron chi connectivity index (χ4n) is 5.46. The maximum atomic E-state index is 13.2. The first kappa shape index (κ1) is 30.9. The standard InChI is InChI=1S/C31H43N3O7/c1-31(2,3)41-30(38)25-8-6-16-33(25)17-20-10-12-21(13-11-20)19-40-26-9-5-7-22-23(26)18-34(29(22)37)24(28(32)36)14-15-27(35)39-4/h5,7,9-13,24-25,27-28,35-36H,6,8,14-19,32H2,1-4H3/t24-,25?,27-,28-/m1/s1. The van der Waals surface area contributed by atoms with Crippen molar-refractivity contribution in [2.45, 2.75) is 96.4 Å². The van der Waals surface area contributed by atoms with E-state index in [0.717, 1.165) is 36.1 Å². The summed E-state index contributed by atoms with van der Waals surface area (Å²) in [4.78, 5) is 29.5. The van der Waals surface area contributed by atoms with Gasteiger partial charge in [-0.25, -0.2) is 0 Å². The Balaban J connectivity index is 1.37. The van der Waals surface area contributed by atoms with E-state index in [9.17, 15) is 19.8 Å². The highest BCUT2D eigenvalue weighted by atomic mass is 16.6.